The molecule has 118 valence electrons. The summed E-state index contributed by atoms with van der Waals surface area (Å²) in [6.07, 6.45) is 3.93. The SMILES string of the molecule is Cc1ccc(C)c(S(=O)(=O)NC2(CBr)CCC(C)CC2)c1. The predicted molar refractivity (Wildman–Crippen MR) is 90.4 cm³/mol. The fourth-order valence-corrected chi connectivity index (χ4v) is 5.59. The van der Waals surface area contributed by atoms with Gasteiger partial charge in [0.2, 0.25) is 10.0 Å². The number of aryl methyl sites for hydroxylation is 2. The molecule has 1 N–H and O–H groups in total. The van der Waals surface area contributed by atoms with E-state index in [1.807, 2.05) is 26.0 Å². The fourth-order valence-electron chi connectivity index (χ4n) is 2.91. The summed E-state index contributed by atoms with van der Waals surface area (Å²) in [7, 11) is -3.48. The van der Waals surface area contributed by atoms with Gasteiger partial charge in [-0.3, -0.25) is 0 Å². The number of hydrogen-bond acceptors (Lipinski definition) is 2. The molecule has 2 rings (SSSR count). The number of alkyl halides is 1. The van der Waals surface area contributed by atoms with Crippen molar-refractivity contribution < 1.29 is 8.42 Å². The molecule has 0 atom stereocenters. The van der Waals surface area contributed by atoms with E-state index in [-0.39, 0.29) is 5.54 Å². The Balaban J connectivity index is 2.29. The molecular weight excluding hydrogens is 350 g/mol. The topological polar surface area (TPSA) is 46.2 Å². The molecule has 1 saturated carbocycles. The molecule has 1 aromatic rings. The summed E-state index contributed by atoms with van der Waals surface area (Å²) in [6.45, 7) is 6.00. The molecule has 0 amide bonds. The van der Waals surface area contributed by atoms with E-state index in [4.69, 9.17) is 0 Å². The van der Waals surface area contributed by atoms with Crippen LogP contribution in [0.15, 0.2) is 23.1 Å². The highest BCUT2D eigenvalue weighted by Crippen LogP contribution is 2.34. The largest absolute Gasteiger partial charge is 0.241 e. The van der Waals surface area contributed by atoms with Gasteiger partial charge in [-0.2, -0.15) is 0 Å². The van der Waals surface area contributed by atoms with Crippen LogP contribution >= 0.6 is 15.9 Å². The van der Waals surface area contributed by atoms with Crippen LogP contribution in [-0.2, 0) is 10.0 Å². The van der Waals surface area contributed by atoms with E-state index in [1.54, 1.807) is 6.07 Å². The van der Waals surface area contributed by atoms with Crippen molar-refractivity contribution in [1.29, 1.82) is 0 Å². The smallest absolute Gasteiger partial charge is 0.207 e. The molecule has 3 nitrogen and oxygen atoms in total. The first kappa shape index (κ1) is 17.0. The van der Waals surface area contributed by atoms with Gasteiger partial charge in [0.1, 0.15) is 0 Å². The number of rotatable bonds is 4. The van der Waals surface area contributed by atoms with E-state index in [9.17, 15) is 8.42 Å². The minimum Gasteiger partial charge on any atom is -0.207 e. The predicted octanol–water partition coefficient (Wildman–Crippen LogP) is 3.93. The van der Waals surface area contributed by atoms with Crippen molar-refractivity contribution in [2.45, 2.75) is 56.9 Å². The highest BCUT2D eigenvalue weighted by Gasteiger charge is 2.37. The van der Waals surface area contributed by atoms with E-state index < -0.39 is 10.0 Å². The van der Waals surface area contributed by atoms with E-state index in [0.29, 0.717) is 16.1 Å². The van der Waals surface area contributed by atoms with Gasteiger partial charge in [0.05, 0.1) is 4.90 Å². The van der Waals surface area contributed by atoms with Crippen LogP contribution in [0.5, 0.6) is 0 Å². The fraction of sp³-hybridized carbons (Fsp3) is 0.625. The molecular formula is C16H24BrNO2S. The van der Waals surface area contributed by atoms with Gasteiger partial charge >= 0.3 is 0 Å². The van der Waals surface area contributed by atoms with Gasteiger partial charge < -0.3 is 0 Å². The minimum atomic E-state index is -3.48. The van der Waals surface area contributed by atoms with Crippen LogP contribution in [-0.4, -0.2) is 19.3 Å². The van der Waals surface area contributed by atoms with Crippen molar-refractivity contribution in [1.82, 2.24) is 4.72 Å². The lowest BCUT2D eigenvalue weighted by atomic mass is 9.79. The van der Waals surface area contributed by atoms with Crippen LogP contribution in [0.25, 0.3) is 0 Å². The molecule has 0 aliphatic heterocycles. The van der Waals surface area contributed by atoms with Crippen molar-refractivity contribution in [3.63, 3.8) is 0 Å². The summed E-state index contributed by atoms with van der Waals surface area (Å²) in [5, 5.41) is 0.664. The Labute approximate surface area is 136 Å². The summed E-state index contributed by atoms with van der Waals surface area (Å²) in [4.78, 5) is 0.404. The first-order chi connectivity index (χ1) is 9.78. The van der Waals surface area contributed by atoms with Gasteiger partial charge in [-0.05, 0) is 62.6 Å². The van der Waals surface area contributed by atoms with Crippen LogP contribution in [0.1, 0.15) is 43.7 Å². The van der Waals surface area contributed by atoms with E-state index in [1.165, 1.54) is 0 Å². The summed E-state index contributed by atoms with van der Waals surface area (Å²) >= 11 is 3.52. The molecule has 0 unspecified atom stereocenters. The van der Waals surface area contributed by atoms with Gasteiger partial charge in [0, 0.05) is 10.9 Å². The standard InChI is InChI=1S/C16H24BrNO2S/c1-12-6-8-16(11-17,9-7-12)18-21(19,20)15-10-13(2)4-5-14(15)3/h4-5,10,12,18H,6-9,11H2,1-3H3. The quantitative estimate of drug-likeness (QED) is 0.812. The van der Waals surface area contributed by atoms with Crippen molar-refractivity contribution in [3.8, 4) is 0 Å². The normalized spacial score (nSPS) is 26.8. The number of nitrogens with one attached hydrogen (secondary N) is 1. The maximum absolute atomic E-state index is 12.8. The van der Waals surface area contributed by atoms with Gasteiger partial charge in [0.25, 0.3) is 0 Å². The Hall–Kier alpha value is -0.390. The third-order valence-electron chi connectivity index (χ3n) is 4.47. The highest BCUT2D eigenvalue weighted by molar-refractivity contribution is 9.09. The van der Waals surface area contributed by atoms with E-state index in [0.717, 1.165) is 36.8 Å². The summed E-state index contributed by atoms with van der Waals surface area (Å²) in [5.41, 5.74) is 1.41. The Bertz CT molecular complexity index is 605. The first-order valence-electron chi connectivity index (χ1n) is 7.45. The monoisotopic (exact) mass is 373 g/mol. The number of halogens is 1. The van der Waals surface area contributed by atoms with Crippen LogP contribution in [0.3, 0.4) is 0 Å². The zero-order chi connectivity index (χ0) is 15.7. The molecule has 5 heteroatoms. The Kier molecular flexibility index (Phi) is 5.16. The van der Waals surface area contributed by atoms with E-state index in [2.05, 4.69) is 27.6 Å². The molecule has 1 aromatic carbocycles. The molecule has 0 bridgehead atoms. The lowest BCUT2D eigenvalue weighted by Gasteiger charge is -2.38. The second-order valence-electron chi connectivity index (χ2n) is 6.47. The summed E-state index contributed by atoms with van der Waals surface area (Å²) in [6, 6.07) is 5.57. The van der Waals surface area contributed by atoms with Crippen LogP contribution < -0.4 is 4.72 Å². The van der Waals surface area contributed by atoms with Crippen molar-refractivity contribution in [3.05, 3.63) is 29.3 Å². The minimum absolute atomic E-state index is 0.346. The Morgan fingerprint density at radius 2 is 1.90 bits per heavy atom. The zero-order valence-electron chi connectivity index (χ0n) is 12.9. The number of sulfonamides is 1. The van der Waals surface area contributed by atoms with E-state index >= 15 is 0 Å². The molecule has 21 heavy (non-hydrogen) atoms. The van der Waals surface area contributed by atoms with Crippen LogP contribution in [0.4, 0.5) is 0 Å². The zero-order valence-corrected chi connectivity index (χ0v) is 15.4. The van der Waals surface area contributed by atoms with Gasteiger partial charge in [-0.15, -0.1) is 0 Å². The average Bonchev–Trinajstić information content (AvgIpc) is 2.44. The molecule has 1 aliphatic carbocycles. The third kappa shape index (κ3) is 3.88. The molecule has 1 aliphatic rings. The van der Waals surface area contributed by atoms with Crippen molar-refractivity contribution in [2.75, 3.05) is 5.33 Å². The second kappa shape index (κ2) is 6.39. The molecule has 1 fully saturated rings. The maximum atomic E-state index is 12.8. The third-order valence-corrected chi connectivity index (χ3v) is 7.27. The number of hydrogen-bond donors (Lipinski definition) is 1. The van der Waals surface area contributed by atoms with Crippen molar-refractivity contribution >= 4 is 26.0 Å². The lowest BCUT2D eigenvalue weighted by molar-refractivity contribution is 0.250. The van der Waals surface area contributed by atoms with Crippen molar-refractivity contribution in [2.24, 2.45) is 5.92 Å². The molecule has 0 radical (unpaired) electrons. The van der Waals surface area contributed by atoms with Crippen LogP contribution in [0, 0.1) is 19.8 Å². The highest BCUT2D eigenvalue weighted by atomic mass is 79.9. The van der Waals surface area contributed by atoms with Crippen LogP contribution in [0.2, 0.25) is 0 Å². The summed E-state index contributed by atoms with van der Waals surface area (Å²) in [5.74, 6) is 0.683. The lowest BCUT2D eigenvalue weighted by Crippen LogP contribution is -2.51. The average molecular weight is 374 g/mol. The second-order valence-corrected chi connectivity index (χ2v) is 8.68. The molecule has 0 heterocycles. The van der Waals surface area contributed by atoms with Gasteiger partial charge in [0.15, 0.2) is 0 Å². The first-order valence-corrected chi connectivity index (χ1v) is 10.1. The maximum Gasteiger partial charge on any atom is 0.241 e. The molecule has 0 spiro atoms. The number of benzene rings is 1. The Morgan fingerprint density at radius 3 is 2.48 bits per heavy atom. The molecule has 0 aromatic heterocycles. The van der Waals surface area contributed by atoms with Gasteiger partial charge in [-0.1, -0.05) is 35.0 Å². The summed E-state index contributed by atoms with van der Waals surface area (Å²) < 4.78 is 28.6. The molecule has 0 saturated heterocycles. The van der Waals surface area contributed by atoms with Gasteiger partial charge in [-0.25, -0.2) is 13.1 Å². The Morgan fingerprint density at radius 1 is 1.29 bits per heavy atom.